The number of rotatable bonds is 4. The second-order valence-electron chi connectivity index (χ2n) is 4.22. The quantitative estimate of drug-likeness (QED) is 0.887. The van der Waals surface area contributed by atoms with Crippen LogP contribution in [0.5, 0.6) is 0 Å². The van der Waals surface area contributed by atoms with Crippen molar-refractivity contribution in [3.05, 3.63) is 59.7 Å². The minimum absolute atomic E-state index is 0.405. The molecule has 2 rings (SSSR count). The van der Waals surface area contributed by atoms with Crippen molar-refractivity contribution in [2.75, 3.05) is 5.32 Å². The van der Waals surface area contributed by atoms with Crippen LogP contribution in [0.4, 0.5) is 10.1 Å². The van der Waals surface area contributed by atoms with Crippen LogP contribution in [0.2, 0.25) is 0 Å². The first-order valence-corrected chi connectivity index (χ1v) is 5.73. The molecule has 2 aromatic rings. The van der Waals surface area contributed by atoms with Crippen molar-refractivity contribution in [2.24, 2.45) is 0 Å². The molecule has 1 atom stereocenters. The molecule has 0 aliphatic heterocycles. The Morgan fingerprint density at radius 1 is 1.42 bits per heavy atom. The van der Waals surface area contributed by atoms with Crippen LogP contribution >= 0.6 is 0 Å². The van der Waals surface area contributed by atoms with Crippen LogP contribution in [-0.2, 0) is 4.79 Å². The summed E-state index contributed by atoms with van der Waals surface area (Å²) in [6, 6.07) is 6.68. The first kappa shape index (κ1) is 13.0. The summed E-state index contributed by atoms with van der Waals surface area (Å²) in [6.45, 7) is 1.74. The zero-order chi connectivity index (χ0) is 13.8. The third-order valence-electron chi connectivity index (χ3n) is 2.62. The molecular formula is C14H13FN2O2. The fourth-order valence-electron chi connectivity index (χ4n) is 1.82. The molecule has 0 fully saturated rings. The lowest BCUT2D eigenvalue weighted by Gasteiger charge is -2.16. The lowest BCUT2D eigenvalue weighted by atomic mass is 10.1. The summed E-state index contributed by atoms with van der Waals surface area (Å²) in [5.41, 5.74) is 1.66. The maximum atomic E-state index is 13.3. The van der Waals surface area contributed by atoms with E-state index in [4.69, 9.17) is 0 Å². The molecule has 0 spiro atoms. The molecule has 1 aromatic heterocycles. The highest BCUT2D eigenvalue weighted by molar-refractivity contribution is 5.79. The van der Waals surface area contributed by atoms with E-state index in [-0.39, 0.29) is 0 Å². The Balaban J connectivity index is 2.29. The number of anilines is 1. The van der Waals surface area contributed by atoms with Gasteiger partial charge >= 0.3 is 5.97 Å². The lowest BCUT2D eigenvalue weighted by Crippen LogP contribution is -2.20. The van der Waals surface area contributed by atoms with Gasteiger partial charge in [0.2, 0.25) is 0 Å². The Labute approximate surface area is 109 Å². The van der Waals surface area contributed by atoms with E-state index in [1.54, 1.807) is 31.3 Å². The van der Waals surface area contributed by atoms with Crippen molar-refractivity contribution in [3.63, 3.8) is 0 Å². The number of carboxylic acid groups (broad SMARTS) is 1. The van der Waals surface area contributed by atoms with E-state index in [9.17, 15) is 14.3 Å². The number of nitrogens with zero attached hydrogens (tertiary/aromatic N) is 1. The molecule has 98 valence electrons. The number of benzene rings is 1. The Morgan fingerprint density at radius 3 is 2.79 bits per heavy atom. The molecule has 0 aliphatic rings. The van der Waals surface area contributed by atoms with Crippen LogP contribution in [0, 0.1) is 12.7 Å². The zero-order valence-electron chi connectivity index (χ0n) is 10.3. The van der Waals surface area contributed by atoms with E-state index in [2.05, 4.69) is 10.3 Å². The van der Waals surface area contributed by atoms with Crippen molar-refractivity contribution in [1.29, 1.82) is 0 Å². The van der Waals surface area contributed by atoms with Gasteiger partial charge < -0.3 is 10.4 Å². The highest BCUT2D eigenvalue weighted by Gasteiger charge is 2.19. The SMILES string of the molecule is Cc1cc(F)cc(NC(C(=O)O)c2cccnc2)c1. The maximum Gasteiger partial charge on any atom is 0.330 e. The molecule has 0 bridgehead atoms. The summed E-state index contributed by atoms with van der Waals surface area (Å²) >= 11 is 0. The Hall–Kier alpha value is -2.43. The van der Waals surface area contributed by atoms with Crippen molar-refractivity contribution < 1.29 is 14.3 Å². The van der Waals surface area contributed by atoms with E-state index in [1.165, 1.54) is 18.3 Å². The number of aliphatic carboxylic acids is 1. The van der Waals surface area contributed by atoms with Crippen LogP contribution in [0.25, 0.3) is 0 Å². The number of nitrogens with one attached hydrogen (secondary N) is 1. The number of hydrogen-bond acceptors (Lipinski definition) is 3. The van der Waals surface area contributed by atoms with Crippen LogP contribution in [-0.4, -0.2) is 16.1 Å². The second-order valence-corrected chi connectivity index (χ2v) is 4.22. The first-order chi connectivity index (χ1) is 9.06. The Morgan fingerprint density at radius 2 is 2.21 bits per heavy atom. The van der Waals surface area contributed by atoms with Gasteiger partial charge in [-0.1, -0.05) is 6.07 Å². The summed E-state index contributed by atoms with van der Waals surface area (Å²) in [4.78, 5) is 15.2. The predicted octanol–water partition coefficient (Wildman–Crippen LogP) is 2.77. The number of carboxylic acids is 1. The van der Waals surface area contributed by atoms with Gasteiger partial charge in [0.1, 0.15) is 5.82 Å². The van der Waals surface area contributed by atoms with E-state index >= 15 is 0 Å². The second kappa shape index (κ2) is 5.48. The standard InChI is InChI=1S/C14H13FN2O2/c1-9-5-11(15)7-12(6-9)17-13(14(18)19)10-3-2-4-16-8-10/h2-8,13,17H,1H3,(H,18,19). The van der Waals surface area contributed by atoms with Crippen LogP contribution in [0.15, 0.2) is 42.7 Å². The normalized spacial score (nSPS) is 11.9. The van der Waals surface area contributed by atoms with E-state index < -0.39 is 17.8 Å². The van der Waals surface area contributed by atoms with Crippen LogP contribution in [0.3, 0.4) is 0 Å². The smallest absolute Gasteiger partial charge is 0.330 e. The molecule has 19 heavy (non-hydrogen) atoms. The van der Waals surface area contributed by atoms with Gasteiger partial charge in [0.25, 0.3) is 0 Å². The van der Waals surface area contributed by atoms with Crippen molar-refractivity contribution >= 4 is 11.7 Å². The van der Waals surface area contributed by atoms with Crippen LogP contribution < -0.4 is 5.32 Å². The van der Waals surface area contributed by atoms with Gasteiger partial charge in [0.15, 0.2) is 6.04 Å². The minimum Gasteiger partial charge on any atom is -0.479 e. The van der Waals surface area contributed by atoms with Gasteiger partial charge in [-0.15, -0.1) is 0 Å². The largest absolute Gasteiger partial charge is 0.479 e. The summed E-state index contributed by atoms with van der Waals surface area (Å²) in [6.07, 6.45) is 3.03. The summed E-state index contributed by atoms with van der Waals surface area (Å²) < 4.78 is 13.3. The van der Waals surface area contributed by atoms with Crippen molar-refractivity contribution in [1.82, 2.24) is 4.98 Å². The third-order valence-corrected chi connectivity index (χ3v) is 2.62. The number of aryl methyl sites for hydroxylation is 1. The average Bonchev–Trinajstić information content (AvgIpc) is 2.35. The molecule has 1 aromatic carbocycles. The molecule has 5 heteroatoms. The van der Waals surface area contributed by atoms with Crippen molar-refractivity contribution in [3.8, 4) is 0 Å². The molecule has 0 amide bonds. The van der Waals surface area contributed by atoms with E-state index in [1.807, 2.05) is 0 Å². The molecule has 0 saturated heterocycles. The number of aromatic nitrogens is 1. The molecule has 4 nitrogen and oxygen atoms in total. The van der Waals surface area contributed by atoms with Gasteiger partial charge in [-0.2, -0.15) is 0 Å². The summed E-state index contributed by atoms with van der Waals surface area (Å²) in [5.74, 6) is -1.45. The monoisotopic (exact) mass is 260 g/mol. The van der Waals surface area contributed by atoms with Gasteiger partial charge in [0, 0.05) is 23.6 Å². The number of hydrogen-bond donors (Lipinski definition) is 2. The van der Waals surface area contributed by atoms with Crippen molar-refractivity contribution in [2.45, 2.75) is 13.0 Å². The fourth-order valence-corrected chi connectivity index (χ4v) is 1.82. The molecular weight excluding hydrogens is 247 g/mol. The van der Waals surface area contributed by atoms with Crippen LogP contribution in [0.1, 0.15) is 17.2 Å². The third kappa shape index (κ3) is 3.28. The van der Waals surface area contributed by atoms with Gasteiger partial charge in [-0.25, -0.2) is 9.18 Å². The van der Waals surface area contributed by atoms with E-state index in [0.717, 1.165) is 5.56 Å². The zero-order valence-corrected chi connectivity index (χ0v) is 10.3. The number of halogens is 1. The fraction of sp³-hybridized carbons (Fsp3) is 0.143. The minimum atomic E-state index is -1.05. The average molecular weight is 260 g/mol. The molecule has 1 heterocycles. The Kier molecular flexibility index (Phi) is 3.75. The summed E-state index contributed by atoms with van der Waals surface area (Å²) in [5, 5.41) is 12.0. The van der Waals surface area contributed by atoms with E-state index in [0.29, 0.717) is 11.3 Å². The summed E-state index contributed by atoms with van der Waals surface area (Å²) in [7, 11) is 0. The predicted molar refractivity (Wildman–Crippen MR) is 69.4 cm³/mol. The highest BCUT2D eigenvalue weighted by atomic mass is 19.1. The van der Waals surface area contributed by atoms with Gasteiger partial charge in [-0.3, -0.25) is 4.98 Å². The molecule has 0 aliphatic carbocycles. The molecule has 0 saturated carbocycles. The molecule has 0 radical (unpaired) electrons. The topological polar surface area (TPSA) is 62.2 Å². The number of pyridine rings is 1. The Bertz CT molecular complexity index is 567. The number of carbonyl (C=O) groups is 1. The highest BCUT2D eigenvalue weighted by Crippen LogP contribution is 2.21. The van der Waals surface area contributed by atoms with Gasteiger partial charge in [-0.05, 0) is 36.8 Å². The molecule has 2 N–H and O–H groups in total. The first-order valence-electron chi connectivity index (χ1n) is 5.73. The van der Waals surface area contributed by atoms with Gasteiger partial charge in [0.05, 0.1) is 0 Å². The maximum absolute atomic E-state index is 13.3. The lowest BCUT2D eigenvalue weighted by molar-refractivity contribution is -0.138. The molecule has 1 unspecified atom stereocenters.